The number of rotatable bonds is 10. The van der Waals surface area contributed by atoms with Crippen molar-refractivity contribution >= 4 is 23.7 Å². The summed E-state index contributed by atoms with van der Waals surface area (Å²) in [5.41, 5.74) is 0.470. The van der Waals surface area contributed by atoms with E-state index < -0.39 is 29.6 Å². The number of phenols is 2. The molecule has 0 fully saturated rings. The summed E-state index contributed by atoms with van der Waals surface area (Å²) in [5.74, 6) is -2.00. The molecule has 240 valence electrons. The third-order valence-electron chi connectivity index (χ3n) is 7.54. The molecule has 0 radical (unpaired) electrons. The second-order valence-corrected chi connectivity index (χ2v) is 10.7. The number of carbonyl (C=O) groups excluding carboxylic acids is 3. The number of aliphatic hydroxyl groups is 1. The minimum atomic E-state index is -0.976. The lowest BCUT2D eigenvalue weighted by Gasteiger charge is -2.24. The SMILES string of the molecule is COc1cc(C(CC(=O)NCCCO)c2c(O)cc3c(c2O)C(=O)OC(C)CCCC(=O)CCCC=C3)cc(OC)c1OC. The maximum absolute atomic E-state index is 13.6. The Morgan fingerprint density at radius 2 is 1.73 bits per heavy atom. The van der Waals surface area contributed by atoms with Crippen LogP contribution in [0.3, 0.4) is 0 Å². The second-order valence-electron chi connectivity index (χ2n) is 10.7. The third-order valence-corrected chi connectivity index (χ3v) is 7.54. The number of allylic oxidation sites excluding steroid dienone is 1. The maximum Gasteiger partial charge on any atom is 0.342 e. The van der Waals surface area contributed by atoms with E-state index in [1.54, 1.807) is 31.2 Å². The lowest BCUT2D eigenvalue weighted by atomic mass is 9.84. The quantitative estimate of drug-likeness (QED) is 0.220. The van der Waals surface area contributed by atoms with Crippen LogP contribution in [0.4, 0.5) is 0 Å². The molecule has 0 aliphatic carbocycles. The zero-order valence-electron chi connectivity index (χ0n) is 25.8. The number of carbonyl (C=O) groups is 3. The molecule has 4 N–H and O–H groups in total. The van der Waals surface area contributed by atoms with Gasteiger partial charge in [-0.05, 0) is 68.4 Å². The van der Waals surface area contributed by atoms with Gasteiger partial charge in [0.15, 0.2) is 11.5 Å². The molecule has 44 heavy (non-hydrogen) atoms. The third kappa shape index (κ3) is 8.66. The molecule has 3 rings (SSSR count). The number of benzene rings is 2. The summed E-state index contributed by atoms with van der Waals surface area (Å²) in [7, 11) is 4.34. The van der Waals surface area contributed by atoms with Crippen molar-refractivity contribution in [1.82, 2.24) is 5.32 Å². The van der Waals surface area contributed by atoms with Gasteiger partial charge in [-0.1, -0.05) is 12.2 Å². The van der Waals surface area contributed by atoms with Crippen molar-refractivity contribution in [3.63, 3.8) is 0 Å². The van der Waals surface area contributed by atoms with Gasteiger partial charge in [-0.15, -0.1) is 0 Å². The zero-order valence-corrected chi connectivity index (χ0v) is 25.8. The molecule has 2 aromatic carbocycles. The number of aromatic hydroxyl groups is 2. The standard InChI is InChI=1S/C33H43NO10/c1-20-10-8-13-23(36)12-7-5-6-11-21-16-25(37)30(31(39)29(21)33(40)44-20)24(19-28(38)34-14-9-15-35)22-17-26(41-2)32(43-4)27(18-22)42-3/h6,11,16-18,20,24,35,37,39H,5,7-10,12-15,19H2,1-4H3,(H,34,38). The number of hydrogen-bond acceptors (Lipinski definition) is 10. The van der Waals surface area contributed by atoms with Crippen LogP contribution in [0.2, 0.25) is 0 Å². The number of fused-ring (bicyclic) bond motifs is 1. The molecule has 2 aromatic rings. The van der Waals surface area contributed by atoms with Gasteiger partial charge in [-0.25, -0.2) is 4.79 Å². The van der Waals surface area contributed by atoms with E-state index in [0.717, 1.165) is 0 Å². The Labute approximate surface area is 257 Å². The Morgan fingerprint density at radius 1 is 1.05 bits per heavy atom. The summed E-state index contributed by atoms with van der Waals surface area (Å²) in [4.78, 5) is 38.8. The molecule has 11 nitrogen and oxygen atoms in total. The highest BCUT2D eigenvalue weighted by Crippen LogP contribution is 2.47. The average molecular weight is 614 g/mol. The van der Waals surface area contributed by atoms with Gasteiger partial charge >= 0.3 is 5.97 Å². The molecule has 0 bridgehead atoms. The van der Waals surface area contributed by atoms with Gasteiger partial charge in [0.05, 0.1) is 27.4 Å². The molecule has 2 atom stereocenters. The fourth-order valence-electron chi connectivity index (χ4n) is 5.27. The van der Waals surface area contributed by atoms with Gasteiger partial charge in [0.2, 0.25) is 11.7 Å². The Balaban J connectivity index is 2.21. The number of amides is 1. The Bertz CT molecular complexity index is 1330. The van der Waals surface area contributed by atoms with Gasteiger partial charge in [0.1, 0.15) is 22.8 Å². The predicted molar refractivity (Wildman–Crippen MR) is 164 cm³/mol. The minimum Gasteiger partial charge on any atom is -0.507 e. The fourth-order valence-corrected chi connectivity index (χ4v) is 5.27. The number of ether oxygens (including phenoxy) is 4. The molecule has 1 amide bonds. The molecule has 2 unspecified atom stereocenters. The number of methoxy groups -OCH3 is 3. The molecule has 11 heteroatoms. The summed E-state index contributed by atoms with van der Waals surface area (Å²) < 4.78 is 22.1. The fraction of sp³-hybridized carbons (Fsp3) is 0.485. The van der Waals surface area contributed by atoms with E-state index in [4.69, 9.17) is 24.1 Å². The number of Topliss-reactive ketones (excluding diaryl/α,β-unsaturated/α-hetero) is 1. The van der Waals surface area contributed by atoms with E-state index in [1.807, 2.05) is 0 Å². The van der Waals surface area contributed by atoms with Crippen molar-refractivity contribution < 1.29 is 48.7 Å². The monoisotopic (exact) mass is 613 g/mol. The number of aliphatic hydroxyl groups excluding tert-OH is 1. The Hall–Kier alpha value is -4.25. The molecule has 0 saturated heterocycles. The minimum absolute atomic E-state index is 0.0555. The van der Waals surface area contributed by atoms with Gasteiger partial charge in [-0.2, -0.15) is 0 Å². The van der Waals surface area contributed by atoms with E-state index in [2.05, 4.69) is 5.32 Å². The first-order valence-corrected chi connectivity index (χ1v) is 14.8. The van der Waals surface area contributed by atoms with Crippen molar-refractivity contribution in [3.8, 4) is 28.7 Å². The van der Waals surface area contributed by atoms with E-state index in [9.17, 15) is 24.6 Å². The lowest BCUT2D eigenvalue weighted by Crippen LogP contribution is -2.27. The molecular weight excluding hydrogens is 570 g/mol. The van der Waals surface area contributed by atoms with Gasteiger partial charge in [0.25, 0.3) is 0 Å². The van der Waals surface area contributed by atoms with Crippen LogP contribution in [-0.2, 0) is 14.3 Å². The summed E-state index contributed by atoms with van der Waals surface area (Å²) in [5, 5.41) is 35.0. The highest BCUT2D eigenvalue weighted by Gasteiger charge is 2.32. The molecule has 0 spiro atoms. The van der Waals surface area contributed by atoms with Crippen molar-refractivity contribution in [1.29, 1.82) is 0 Å². The van der Waals surface area contributed by atoms with E-state index in [1.165, 1.54) is 27.4 Å². The second kappa shape index (κ2) is 16.6. The van der Waals surface area contributed by atoms with Crippen LogP contribution < -0.4 is 19.5 Å². The molecular formula is C33H43NO10. The molecule has 1 aliphatic heterocycles. The summed E-state index contributed by atoms with van der Waals surface area (Å²) in [6.45, 7) is 1.84. The van der Waals surface area contributed by atoms with Crippen LogP contribution in [0, 0.1) is 0 Å². The van der Waals surface area contributed by atoms with Crippen molar-refractivity contribution in [3.05, 3.63) is 46.5 Å². The van der Waals surface area contributed by atoms with Crippen molar-refractivity contribution in [2.24, 2.45) is 0 Å². The number of hydrogen-bond donors (Lipinski definition) is 4. The van der Waals surface area contributed by atoms with Crippen molar-refractivity contribution in [2.75, 3.05) is 34.5 Å². The first-order valence-electron chi connectivity index (χ1n) is 14.8. The first kappa shape index (κ1) is 34.2. The highest BCUT2D eigenvalue weighted by atomic mass is 16.5. The maximum atomic E-state index is 13.6. The number of nitrogens with one attached hydrogen (secondary N) is 1. The topological polar surface area (TPSA) is 161 Å². The van der Waals surface area contributed by atoms with Gasteiger partial charge in [-0.3, -0.25) is 9.59 Å². The predicted octanol–water partition coefficient (Wildman–Crippen LogP) is 4.63. The Kier molecular flexibility index (Phi) is 12.9. The zero-order chi connectivity index (χ0) is 32.2. The van der Waals surface area contributed by atoms with Crippen LogP contribution >= 0.6 is 0 Å². The number of ketones is 1. The van der Waals surface area contributed by atoms with Crippen LogP contribution in [0.15, 0.2) is 24.3 Å². The lowest BCUT2D eigenvalue weighted by molar-refractivity contribution is -0.121. The summed E-state index contributed by atoms with van der Waals surface area (Å²) in [6.07, 6.45) is 6.04. The molecule has 0 saturated carbocycles. The van der Waals surface area contributed by atoms with Crippen LogP contribution in [-0.4, -0.2) is 73.6 Å². The summed E-state index contributed by atoms with van der Waals surface area (Å²) in [6, 6.07) is 4.58. The van der Waals surface area contributed by atoms with E-state index in [0.29, 0.717) is 67.8 Å². The normalized spacial score (nSPS) is 16.7. The van der Waals surface area contributed by atoms with Crippen LogP contribution in [0.5, 0.6) is 28.7 Å². The highest BCUT2D eigenvalue weighted by molar-refractivity contribution is 5.98. The van der Waals surface area contributed by atoms with Crippen LogP contribution in [0.1, 0.15) is 91.3 Å². The number of esters is 1. The molecule has 1 aliphatic rings. The van der Waals surface area contributed by atoms with E-state index in [-0.39, 0.29) is 47.8 Å². The van der Waals surface area contributed by atoms with Gasteiger partial charge in [0, 0.05) is 43.9 Å². The van der Waals surface area contributed by atoms with Crippen LogP contribution in [0.25, 0.3) is 6.08 Å². The average Bonchev–Trinajstić information content (AvgIpc) is 2.99. The number of phenolic OH excluding ortho intramolecular Hbond substituents is 2. The Morgan fingerprint density at radius 3 is 2.36 bits per heavy atom. The van der Waals surface area contributed by atoms with Crippen molar-refractivity contribution in [2.45, 2.75) is 70.3 Å². The summed E-state index contributed by atoms with van der Waals surface area (Å²) >= 11 is 0. The number of cyclic esters (lactones) is 1. The molecule has 0 aromatic heterocycles. The smallest absolute Gasteiger partial charge is 0.342 e. The largest absolute Gasteiger partial charge is 0.507 e. The first-order chi connectivity index (χ1) is 21.1. The van der Waals surface area contributed by atoms with Gasteiger partial charge < -0.3 is 39.6 Å². The van der Waals surface area contributed by atoms with E-state index >= 15 is 0 Å². The molecule has 1 heterocycles.